The molecule has 0 aromatic heterocycles. The second-order valence-electron chi connectivity index (χ2n) is 4.18. The van der Waals surface area contributed by atoms with Gasteiger partial charge in [-0.3, -0.25) is 9.59 Å². The van der Waals surface area contributed by atoms with Gasteiger partial charge in [-0.05, 0) is 47.5 Å². The van der Waals surface area contributed by atoms with Gasteiger partial charge in [0, 0.05) is 22.3 Å². The molecule has 0 bridgehead atoms. The van der Waals surface area contributed by atoms with Crippen LogP contribution in [0.2, 0.25) is 20.1 Å². The maximum atomic E-state index is 11.2. The predicted molar refractivity (Wildman–Crippen MR) is 92.3 cm³/mol. The molecule has 8 heteroatoms. The first kappa shape index (κ1) is 17.9. The minimum Gasteiger partial charge on any atom is -0.276 e. The van der Waals surface area contributed by atoms with Gasteiger partial charge in [-0.15, -0.1) is 0 Å². The van der Waals surface area contributed by atoms with Crippen LogP contribution < -0.4 is 0 Å². The number of rotatable bonds is 3. The van der Waals surface area contributed by atoms with Gasteiger partial charge in [0.25, 0.3) is 10.5 Å². The van der Waals surface area contributed by atoms with Gasteiger partial charge in [0.1, 0.15) is 0 Å². The average molecular weight is 417 g/mol. The highest BCUT2D eigenvalue weighted by molar-refractivity contribution is 6.68. The topological polar surface area (TPSA) is 34.1 Å². The molecule has 0 N–H and O–H groups in total. The van der Waals surface area contributed by atoms with Gasteiger partial charge < -0.3 is 0 Å². The maximum absolute atomic E-state index is 11.2. The number of benzene rings is 2. The summed E-state index contributed by atoms with van der Waals surface area (Å²) >= 11 is 35.4. The Morgan fingerprint density at radius 3 is 1.00 bits per heavy atom. The van der Waals surface area contributed by atoms with Crippen LogP contribution in [0.25, 0.3) is 11.1 Å². The summed E-state index contributed by atoms with van der Waals surface area (Å²) in [5.41, 5.74) is 0.933. The van der Waals surface area contributed by atoms with Crippen molar-refractivity contribution < 1.29 is 9.59 Å². The van der Waals surface area contributed by atoms with E-state index in [0.29, 0.717) is 11.1 Å². The van der Waals surface area contributed by atoms with Gasteiger partial charge in [-0.2, -0.15) is 0 Å². The van der Waals surface area contributed by atoms with Crippen LogP contribution in [0, 0.1) is 0 Å². The molecule has 2 aromatic carbocycles. The predicted octanol–water partition coefficient (Wildman–Crippen LogP) is 6.73. The summed E-state index contributed by atoms with van der Waals surface area (Å²) in [6, 6.07) is 5.41. The molecule has 0 saturated carbocycles. The Balaban J connectivity index is 2.72. The van der Waals surface area contributed by atoms with E-state index in [1.165, 1.54) is 24.3 Å². The van der Waals surface area contributed by atoms with E-state index in [1.54, 1.807) is 0 Å². The molecule has 0 aliphatic carbocycles. The molecule has 0 atom stereocenters. The molecule has 0 amide bonds. The van der Waals surface area contributed by atoms with E-state index in [1.807, 2.05) is 0 Å². The fourth-order valence-corrected chi connectivity index (χ4v) is 3.42. The fourth-order valence-electron chi connectivity index (χ4n) is 1.85. The van der Waals surface area contributed by atoms with Crippen molar-refractivity contribution in [2.75, 3.05) is 0 Å². The van der Waals surface area contributed by atoms with Crippen molar-refractivity contribution in [3.8, 4) is 11.1 Å². The highest BCUT2D eigenvalue weighted by Gasteiger charge is 2.20. The zero-order valence-electron chi connectivity index (χ0n) is 10.4. The molecule has 0 saturated heterocycles. The Hall–Kier alpha value is -0.480. The van der Waals surface area contributed by atoms with Crippen molar-refractivity contribution >= 4 is 80.1 Å². The van der Waals surface area contributed by atoms with E-state index < -0.39 is 10.5 Å². The number of carbonyl (C=O) groups excluding carboxylic acids is 2. The first-order chi connectivity index (χ1) is 10.2. The number of carbonyl (C=O) groups is 2. The van der Waals surface area contributed by atoms with Crippen molar-refractivity contribution in [2.24, 2.45) is 0 Å². The molecule has 2 rings (SSSR count). The first-order valence-electron chi connectivity index (χ1n) is 5.60. The molecule has 114 valence electrons. The normalized spacial score (nSPS) is 10.6. The van der Waals surface area contributed by atoms with E-state index >= 15 is 0 Å². The molecular formula is C14H4Cl6O2. The Kier molecular flexibility index (Phi) is 5.65. The lowest BCUT2D eigenvalue weighted by atomic mass is 10.0. The molecule has 0 aliphatic heterocycles. The standard InChI is InChI=1S/C14H4Cl6O2/c15-7-1-5(13(19)21)2-8(16)11(7)12-9(17)3-6(14(20)22)4-10(12)18/h1-4H. The van der Waals surface area contributed by atoms with E-state index in [-0.39, 0.29) is 31.2 Å². The van der Waals surface area contributed by atoms with E-state index in [2.05, 4.69) is 0 Å². The SMILES string of the molecule is O=C(Cl)c1cc(Cl)c(-c2c(Cl)cc(C(=O)Cl)cc2Cl)c(Cl)c1. The summed E-state index contributed by atoms with van der Waals surface area (Å²) in [6.45, 7) is 0. The Bertz CT molecular complexity index is 686. The van der Waals surface area contributed by atoms with Crippen LogP contribution in [-0.4, -0.2) is 10.5 Å². The van der Waals surface area contributed by atoms with Crippen LogP contribution >= 0.6 is 69.6 Å². The maximum Gasteiger partial charge on any atom is 0.252 e. The summed E-state index contributed by atoms with van der Waals surface area (Å²) < 4.78 is 0. The Labute approximate surface area is 155 Å². The van der Waals surface area contributed by atoms with Crippen LogP contribution in [0.3, 0.4) is 0 Å². The van der Waals surface area contributed by atoms with Gasteiger partial charge in [-0.25, -0.2) is 0 Å². The number of hydrogen-bond acceptors (Lipinski definition) is 2. The van der Waals surface area contributed by atoms with Crippen LogP contribution in [-0.2, 0) is 0 Å². The first-order valence-corrected chi connectivity index (χ1v) is 7.87. The monoisotopic (exact) mass is 414 g/mol. The summed E-state index contributed by atoms with van der Waals surface area (Å²) in [4.78, 5) is 22.4. The van der Waals surface area contributed by atoms with Crippen molar-refractivity contribution in [1.82, 2.24) is 0 Å². The van der Waals surface area contributed by atoms with Gasteiger partial charge in [0.05, 0.1) is 20.1 Å². The molecule has 2 nitrogen and oxygen atoms in total. The van der Waals surface area contributed by atoms with Gasteiger partial charge in [0.15, 0.2) is 0 Å². The number of hydrogen-bond donors (Lipinski definition) is 0. The smallest absolute Gasteiger partial charge is 0.252 e. The van der Waals surface area contributed by atoms with Crippen LogP contribution in [0.5, 0.6) is 0 Å². The minimum absolute atomic E-state index is 0.139. The largest absolute Gasteiger partial charge is 0.276 e. The molecule has 0 heterocycles. The number of halogens is 6. The Morgan fingerprint density at radius 1 is 0.591 bits per heavy atom. The third-order valence-electron chi connectivity index (χ3n) is 2.79. The molecule has 0 spiro atoms. The van der Waals surface area contributed by atoms with E-state index in [0.717, 1.165) is 0 Å². The molecular weight excluding hydrogens is 413 g/mol. The lowest BCUT2D eigenvalue weighted by Crippen LogP contribution is -1.95. The third-order valence-corrected chi connectivity index (χ3v) is 4.42. The second kappa shape index (κ2) is 6.96. The van der Waals surface area contributed by atoms with E-state index in [9.17, 15) is 9.59 Å². The summed E-state index contributed by atoms with van der Waals surface area (Å²) in [7, 11) is 0. The van der Waals surface area contributed by atoms with Gasteiger partial charge in [-0.1, -0.05) is 46.4 Å². The average Bonchev–Trinajstić information content (AvgIpc) is 2.40. The van der Waals surface area contributed by atoms with Crippen molar-refractivity contribution in [1.29, 1.82) is 0 Å². The molecule has 0 fully saturated rings. The molecule has 0 radical (unpaired) electrons. The summed E-state index contributed by atoms with van der Waals surface area (Å²) in [5.74, 6) is 0. The van der Waals surface area contributed by atoms with Crippen molar-refractivity contribution in [2.45, 2.75) is 0 Å². The van der Waals surface area contributed by atoms with Crippen molar-refractivity contribution in [3.63, 3.8) is 0 Å². The molecule has 22 heavy (non-hydrogen) atoms. The third kappa shape index (κ3) is 3.53. The quantitative estimate of drug-likeness (QED) is 0.520. The second-order valence-corrected chi connectivity index (χ2v) is 6.49. The van der Waals surface area contributed by atoms with Gasteiger partial charge in [0.2, 0.25) is 0 Å². The lowest BCUT2D eigenvalue weighted by Gasteiger charge is -2.13. The molecule has 0 aliphatic rings. The lowest BCUT2D eigenvalue weighted by molar-refractivity contribution is 0.107. The van der Waals surface area contributed by atoms with Crippen LogP contribution in [0.4, 0.5) is 0 Å². The minimum atomic E-state index is -0.698. The fraction of sp³-hybridized carbons (Fsp3) is 0. The highest BCUT2D eigenvalue weighted by atomic mass is 35.5. The van der Waals surface area contributed by atoms with Crippen molar-refractivity contribution in [3.05, 3.63) is 55.5 Å². The zero-order chi connectivity index (χ0) is 16.6. The molecule has 0 unspecified atom stereocenters. The molecule has 2 aromatic rings. The summed E-state index contributed by atoms with van der Waals surface area (Å²) in [6.07, 6.45) is 0. The zero-order valence-corrected chi connectivity index (χ0v) is 14.9. The Morgan fingerprint density at radius 2 is 0.818 bits per heavy atom. The van der Waals surface area contributed by atoms with Gasteiger partial charge >= 0.3 is 0 Å². The van der Waals surface area contributed by atoms with Crippen LogP contribution in [0.15, 0.2) is 24.3 Å². The summed E-state index contributed by atoms with van der Waals surface area (Å²) in [5, 5.41) is -0.822. The van der Waals surface area contributed by atoms with Crippen LogP contribution in [0.1, 0.15) is 20.7 Å². The van der Waals surface area contributed by atoms with E-state index in [4.69, 9.17) is 69.6 Å². The highest BCUT2D eigenvalue weighted by Crippen LogP contribution is 2.43.